The number of rotatable bonds is 2. The summed E-state index contributed by atoms with van der Waals surface area (Å²) >= 11 is 0. The molecule has 0 unspecified atom stereocenters. The van der Waals surface area contributed by atoms with Gasteiger partial charge in [0.05, 0.1) is 6.42 Å². The van der Waals surface area contributed by atoms with Gasteiger partial charge in [0.25, 0.3) is 0 Å². The van der Waals surface area contributed by atoms with Crippen LogP contribution in [0.2, 0.25) is 0 Å². The molecule has 6 nitrogen and oxygen atoms in total. The fourth-order valence-corrected chi connectivity index (χ4v) is 3.99. The van der Waals surface area contributed by atoms with Gasteiger partial charge in [0.2, 0.25) is 0 Å². The van der Waals surface area contributed by atoms with Crippen molar-refractivity contribution in [3.05, 3.63) is 87.3 Å². The summed E-state index contributed by atoms with van der Waals surface area (Å²) in [6.07, 6.45) is -0.371. The first-order chi connectivity index (χ1) is 15.7. The van der Waals surface area contributed by atoms with E-state index in [-0.39, 0.29) is 45.8 Å². The molecule has 0 aliphatic carbocycles. The van der Waals surface area contributed by atoms with E-state index in [0.717, 1.165) is 24.3 Å². The zero-order valence-corrected chi connectivity index (χ0v) is 16.6. The molecule has 0 bridgehead atoms. The van der Waals surface area contributed by atoms with Crippen LogP contribution in [0.25, 0.3) is 22.3 Å². The number of benzene rings is 3. The fraction of sp³-hybridized carbons (Fsp3) is 0.0833. The topological polar surface area (TPSA) is 97.0 Å². The van der Waals surface area contributed by atoms with Gasteiger partial charge in [-0.1, -0.05) is 0 Å². The lowest BCUT2D eigenvalue weighted by atomic mass is 9.85. The van der Waals surface area contributed by atoms with E-state index in [4.69, 9.17) is 9.15 Å². The van der Waals surface area contributed by atoms with Gasteiger partial charge < -0.3 is 19.4 Å². The van der Waals surface area contributed by atoms with Crippen LogP contribution in [0, 0.1) is 17.5 Å². The summed E-state index contributed by atoms with van der Waals surface area (Å²) in [4.78, 5) is 25.1. The van der Waals surface area contributed by atoms with Crippen molar-refractivity contribution >= 4 is 16.9 Å². The summed E-state index contributed by atoms with van der Waals surface area (Å²) < 4.78 is 52.6. The molecular formula is C24H13F3O6. The summed E-state index contributed by atoms with van der Waals surface area (Å²) in [5.74, 6) is -6.96. The predicted molar refractivity (Wildman–Crippen MR) is 110 cm³/mol. The van der Waals surface area contributed by atoms with Crippen molar-refractivity contribution in [2.24, 2.45) is 0 Å². The highest BCUT2D eigenvalue weighted by atomic mass is 19.2. The van der Waals surface area contributed by atoms with E-state index in [1.807, 2.05) is 0 Å². The van der Waals surface area contributed by atoms with Gasteiger partial charge in [0.1, 0.15) is 34.0 Å². The average Bonchev–Trinajstić information content (AvgIpc) is 2.76. The van der Waals surface area contributed by atoms with E-state index in [1.54, 1.807) is 0 Å². The van der Waals surface area contributed by atoms with E-state index in [2.05, 4.69) is 0 Å². The van der Waals surface area contributed by atoms with Gasteiger partial charge in [-0.3, -0.25) is 9.59 Å². The number of aromatic hydroxyl groups is 2. The summed E-state index contributed by atoms with van der Waals surface area (Å²) in [7, 11) is 0. The maximum absolute atomic E-state index is 14.0. The molecule has 1 aliphatic rings. The number of carbonyl (C=O) groups is 1. The Bertz CT molecular complexity index is 1480. The third kappa shape index (κ3) is 3.38. The normalized spacial score (nSPS) is 15.4. The van der Waals surface area contributed by atoms with Gasteiger partial charge in [-0.15, -0.1) is 0 Å². The standard InChI is InChI=1S/C24H13F3O6/c25-14-5-11(6-15(26)23(14)27)13-7-20(31)32-19-9-17(30)22-16(29)8-18(33-24(22)21(13)19)10-1-3-12(28)4-2-10/h1-6,8-9,13,28,30H,7H2/t13-/m1/s1. The molecule has 2 heterocycles. The number of esters is 1. The number of hydrogen-bond donors (Lipinski definition) is 2. The van der Waals surface area contributed by atoms with E-state index >= 15 is 0 Å². The highest BCUT2D eigenvalue weighted by Gasteiger charge is 2.34. The van der Waals surface area contributed by atoms with Crippen molar-refractivity contribution < 1.29 is 37.3 Å². The first-order valence-electron chi connectivity index (χ1n) is 9.71. The average molecular weight is 454 g/mol. The van der Waals surface area contributed by atoms with E-state index in [9.17, 15) is 33.0 Å². The van der Waals surface area contributed by atoms with Crippen LogP contribution in [0.15, 0.2) is 57.7 Å². The number of phenols is 2. The van der Waals surface area contributed by atoms with Crippen molar-refractivity contribution in [2.45, 2.75) is 12.3 Å². The second-order valence-electron chi connectivity index (χ2n) is 7.56. The quantitative estimate of drug-likeness (QED) is 0.258. The molecule has 2 N–H and O–H groups in total. The van der Waals surface area contributed by atoms with Crippen LogP contribution in [-0.4, -0.2) is 16.2 Å². The lowest BCUT2D eigenvalue weighted by Crippen LogP contribution is -2.22. The van der Waals surface area contributed by atoms with E-state index < -0.39 is 40.5 Å². The van der Waals surface area contributed by atoms with Crippen LogP contribution in [-0.2, 0) is 4.79 Å². The van der Waals surface area contributed by atoms with Gasteiger partial charge >= 0.3 is 5.97 Å². The molecule has 4 aromatic rings. The molecular weight excluding hydrogens is 441 g/mol. The van der Waals surface area contributed by atoms with Crippen molar-refractivity contribution in [3.8, 4) is 28.6 Å². The summed E-state index contributed by atoms with van der Waals surface area (Å²) in [6.45, 7) is 0. The van der Waals surface area contributed by atoms with Crippen LogP contribution < -0.4 is 10.2 Å². The highest BCUT2D eigenvalue weighted by molar-refractivity contribution is 5.93. The number of carbonyl (C=O) groups excluding carboxylic acids is 1. The number of hydrogen-bond acceptors (Lipinski definition) is 6. The minimum absolute atomic E-state index is 0.00995. The number of halogens is 3. The molecule has 1 aliphatic heterocycles. The summed E-state index contributed by atoms with van der Waals surface area (Å²) in [5, 5.41) is 19.7. The van der Waals surface area contributed by atoms with Crippen molar-refractivity contribution in [3.63, 3.8) is 0 Å². The van der Waals surface area contributed by atoms with Crippen molar-refractivity contribution in [2.75, 3.05) is 0 Å². The third-order valence-electron chi connectivity index (χ3n) is 5.49. The minimum Gasteiger partial charge on any atom is -0.508 e. The Hall–Kier alpha value is -4.27. The largest absolute Gasteiger partial charge is 0.508 e. The molecule has 0 amide bonds. The molecule has 0 saturated carbocycles. The Labute approximate surface area is 183 Å². The Kier molecular flexibility index (Phi) is 4.63. The van der Waals surface area contributed by atoms with Crippen molar-refractivity contribution in [1.29, 1.82) is 0 Å². The van der Waals surface area contributed by atoms with Crippen molar-refractivity contribution in [1.82, 2.24) is 0 Å². The monoisotopic (exact) mass is 454 g/mol. The van der Waals surface area contributed by atoms with Crippen LogP contribution in [0.5, 0.6) is 17.2 Å². The molecule has 1 atom stereocenters. The molecule has 0 spiro atoms. The first kappa shape index (κ1) is 20.6. The number of ether oxygens (including phenoxy) is 1. The second-order valence-corrected chi connectivity index (χ2v) is 7.56. The highest BCUT2D eigenvalue weighted by Crippen LogP contribution is 2.46. The van der Waals surface area contributed by atoms with Crippen LogP contribution >= 0.6 is 0 Å². The molecule has 0 radical (unpaired) electrons. The van der Waals surface area contributed by atoms with E-state index in [0.29, 0.717) is 5.56 Å². The first-order valence-corrected chi connectivity index (χ1v) is 9.71. The van der Waals surface area contributed by atoms with Crippen LogP contribution in [0.4, 0.5) is 13.2 Å². The second kappa shape index (κ2) is 7.40. The Morgan fingerprint density at radius 3 is 2.24 bits per heavy atom. The molecule has 5 rings (SSSR count). The predicted octanol–water partition coefficient (Wildman–Crippen LogP) is 4.73. The molecule has 3 aromatic carbocycles. The SMILES string of the molecule is O=C1C[C@H](c2cc(F)c(F)c(F)c2)c2c(cc(O)c3c(=O)cc(-c4ccc(O)cc4)oc23)O1. The van der Waals surface area contributed by atoms with Gasteiger partial charge in [0.15, 0.2) is 22.9 Å². The zero-order valence-electron chi connectivity index (χ0n) is 16.6. The molecule has 0 fully saturated rings. The Balaban J connectivity index is 1.82. The number of phenolic OH excluding ortho intramolecular Hbond substituents is 2. The lowest BCUT2D eigenvalue weighted by molar-refractivity contribution is -0.135. The molecule has 166 valence electrons. The molecule has 0 saturated heterocycles. The zero-order chi connectivity index (χ0) is 23.4. The Morgan fingerprint density at radius 1 is 0.909 bits per heavy atom. The number of fused-ring (bicyclic) bond motifs is 3. The van der Waals surface area contributed by atoms with Crippen LogP contribution in [0.1, 0.15) is 23.5 Å². The third-order valence-corrected chi connectivity index (χ3v) is 5.49. The maximum atomic E-state index is 14.0. The van der Waals surface area contributed by atoms with Gasteiger partial charge in [-0.05, 0) is 42.0 Å². The molecule has 33 heavy (non-hydrogen) atoms. The molecule has 1 aromatic heterocycles. The lowest BCUT2D eigenvalue weighted by Gasteiger charge is -2.26. The minimum atomic E-state index is -1.66. The smallest absolute Gasteiger partial charge is 0.312 e. The summed E-state index contributed by atoms with van der Waals surface area (Å²) in [6, 6.07) is 9.46. The van der Waals surface area contributed by atoms with Gasteiger partial charge in [-0.25, -0.2) is 13.2 Å². The Morgan fingerprint density at radius 2 is 1.58 bits per heavy atom. The van der Waals surface area contributed by atoms with E-state index in [1.165, 1.54) is 24.3 Å². The molecule has 9 heteroatoms. The van der Waals surface area contributed by atoms with Gasteiger partial charge in [-0.2, -0.15) is 0 Å². The van der Waals surface area contributed by atoms with Gasteiger partial charge in [0, 0.05) is 29.2 Å². The van der Waals surface area contributed by atoms with Crippen LogP contribution in [0.3, 0.4) is 0 Å². The maximum Gasteiger partial charge on any atom is 0.312 e. The fourth-order valence-electron chi connectivity index (χ4n) is 3.99. The summed E-state index contributed by atoms with van der Waals surface area (Å²) in [5.41, 5.74) is -0.318.